The monoisotopic (exact) mass is 288 g/mol. The number of rotatable bonds is 2. The summed E-state index contributed by atoms with van der Waals surface area (Å²) in [5.74, 6) is 2.19. The average Bonchev–Trinajstić information content (AvgIpc) is 3.03. The van der Waals surface area contributed by atoms with Crippen molar-refractivity contribution in [1.29, 1.82) is 0 Å². The van der Waals surface area contributed by atoms with Crippen LogP contribution in [0.25, 0.3) is 0 Å². The van der Waals surface area contributed by atoms with Crippen molar-refractivity contribution < 1.29 is 0 Å². The molecular weight excluding hydrogens is 272 g/mol. The van der Waals surface area contributed by atoms with Crippen LogP contribution in [0.2, 0.25) is 0 Å². The van der Waals surface area contributed by atoms with Crippen LogP contribution in [0.3, 0.4) is 0 Å². The van der Waals surface area contributed by atoms with E-state index in [2.05, 4.69) is 43.3 Å². The van der Waals surface area contributed by atoms with E-state index in [1.165, 1.54) is 22.6 Å². The van der Waals surface area contributed by atoms with Crippen LogP contribution >= 0.6 is 22.9 Å². The Labute approximate surface area is 123 Å². The molecule has 1 aromatic heterocycles. The molecule has 1 fully saturated rings. The summed E-state index contributed by atoms with van der Waals surface area (Å²) >= 11 is 8.63. The van der Waals surface area contributed by atoms with E-state index < -0.39 is 0 Å². The Kier molecular flexibility index (Phi) is 2.75. The molecule has 2 aliphatic carbocycles. The lowest BCUT2D eigenvalue weighted by Crippen LogP contribution is -2.00. The van der Waals surface area contributed by atoms with Gasteiger partial charge in [-0.25, -0.2) is 0 Å². The van der Waals surface area contributed by atoms with E-state index >= 15 is 0 Å². The third-order valence-electron chi connectivity index (χ3n) is 4.76. The predicted octanol–water partition coefficient (Wildman–Crippen LogP) is 5.31. The number of thiophene rings is 1. The molecule has 2 aromatic rings. The van der Waals surface area contributed by atoms with Gasteiger partial charge in [0.1, 0.15) is 0 Å². The summed E-state index contributed by atoms with van der Waals surface area (Å²) in [5.41, 5.74) is 3.13. The first-order valence-corrected chi connectivity index (χ1v) is 8.29. The summed E-state index contributed by atoms with van der Waals surface area (Å²) in [5, 5.41) is 0.208. The minimum atomic E-state index is 0.208. The summed E-state index contributed by atoms with van der Waals surface area (Å²) in [6.45, 7) is 2.16. The van der Waals surface area contributed by atoms with Gasteiger partial charge in [0.05, 0.1) is 5.38 Å². The maximum Gasteiger partial charge on any atom is 0.0715 e. The Balaban J connectivity index is 1.63. The third-order valence-corrected chi connectivity index (χ3v) is 6.50. The molecule has 0 nitrogen and oxygen atoms in total. The number of alkyl halides is 1. The molecule has 0 saturated heterocycles. The van der Waals surface area contributed by atoms with Gasteiger partial charge in [-0.05, 0) is 60.8 Å². The zero-order chi connectivity index (χ0) is 13.0. The van der Waals surface area contributed by atoms with Crippen LogP contribution in [0.15, 0.2) is 36.4 Å². The Bertz CT molecular complexity index is 615. The van der Waals surface area contributed by atoms with Gasteiger partial charge >= 0.3 is 0 Å². The normalized spacial score (nSPS) is 29.5. The highest BCUT2D eigenvalue weighted by molar-refractivity contribution is 7.12. The van der Waals surface area contributed by atoms with Gasteiger partial charge in [0.25, 0.3) is 0 Å². The molecule has 1 saturated carbocycles. The molecule has 2 aliphatic rings. The number of hydrogen-bond donors (Lipinski definition) is 0. The Hall–Kier alpha value is -0.790. The molecule has 4 rings (SSSR count). The van der Waals surface area contributed by atoms with Crippen molar-refractivity contribution in [3.05, 3.63) is 57.3 Å². The fourth-order valence-corrected chi connectivity index (χ4v) is 5.27. The first-order valence-electron chi connectivity index (χ1n) is 7.04. The van der Waals surface area contributed by atoms with E-state index in [1.807, 2.05) is 11.3 Å². The first kappa shape index (κ1) is 12.0. The van der Waals surface area contributed by atoms with Crippen molar-refractivity contribution in [3.63, 3.8) is 0 Å². The van der Waals surface area contributed by atoms with Crippen molar-refractivity contribution in [2.45, 2.75) is 31.1 Å². The van der Waals surface area contributed by atoms with Crippen molar-refractivity contribution in [1.82, 2.24) is 0 Å². The van der Waals surface area contributed by atoms with Crippen LogP contribution < -0.4 is 0 Å². The SMILES string of the molecule is Cc1ccc(C(Cl)C2C3CCc4ccccc4C32)s1. The van der Waals surface area contributed by atoms with E-state index in [0.717, 1.165) is 11.8 Å². The van der Waals surface area contributed by atoms with E-state index in [9.17, 15) is 0 Å². The molecule has 0 amide bonds. The van der Waals surface area contributed by atoms with Gasteiger partial charge < -0.3 is 0 Å². The van der Waals surface area contributed by atoms with Gasteiger partial charge in [0.15, 0.2) is 0 Å². The summed E-state index contributed by atoms with van der Waals surface area (Å²) in [4.78, 5) is 2.72. The molecule has 0 bridgehead atoms. The van der Waals surface area contributed by atoms with Gasteiger partial charge in [0, 0.05) is 9.75 Å². The average molecular weight is 289 g/mol. The zero-order valence-corrected chi connectivity index (χ0v) is 12.5. The lowest BCUT2D eigenvalue weighted by Gasteiger charge is -2.13. The molecular formula is C17H17ClS. The van der Waals surface area contributed by atoms with Crippen molar-refractivity contribution in [3.8, 4) is 0 Å². The van der Waals surface area contributed by atoms with Crippen LogP contribution in [-0.4, -0.2) is 0 Å². The van der Waals surface area contributed by atoms with Gasteiger partial charge in [-0.2, -0.15) is 0 Å². The summed E-state index contributed by atoms with van der Waals surface area (Å²) < 4.78 is 0. The fourth-order valence-electron chi connectivity index (χ4n) is 3.81. The molecule has 0 spiro atoms. The predicted molar refractivity (Wildman–Crippen MR) is 82.1 cm³/mol. The molecule has 19 heavy (non-hydrogen) atoms. The molecule has 0 aliphatic heterocycles. The minimum Gasteiger partial charge on any atom is -0.144 e. The van der Waals surface area contributed by atoms with Gasteiger partial charge in [-0.1, -0.05) is 24.3 Å². The largest absolute Gasteiger partial charge is 0.144 e. The van der Waals surface area contributed by atoms with Crippen LogP contribution in [-0.2, 0) is 6.42 Å². The van der Waals surface area contributed by atoms with E-state index in [0.29, 0.717) is 5.92 Å². The maximum atomic E-state index is 6.77. The van der Waals surface area contributed by atoms with Crippen LogP contribution in [0.1, 0.15) is 38.6 Å². The van der Waals surface area contributed by atoms with E-state index in [-0.39, 0.29) is 5.38 Å². The highest BCUT2D eigenvalue weighted by Crippen LogP contribution is 2.66. The van der Waals surface area contributed by atoms with Gasteiger partial charge in [0.2, 0.25) is 0 Å². The van der Waals surface area contributed by atoms with E-state index in [4.69, 9.17) is 11.6 Å². The quantitative estimate of drug-likeness (QED) is 0.657. The standard InChI is InChI=1S/C17H17ClS/c1-10-6-9-14(19-10)17(18)16-13-8-7-11-4-2-3-5-12(11)15(13)16/h2-6,9,13,15-17H,7-8H2,1H3. The molecule has 2 heteroatoms. The maximum absolute atomic E-state index is 6.77. The molecule has 1 aromatic carbocycles. The Morgan fingerprint density at radius 1 is 1.21 bits per heavy atom. The fraction of sp³-hybridized carbons (Fsp3) is 0.412. The number of hydrogen-bond acceptors (Lipinski definition) is 1. The van der Waals surface area contributed by atoms with E-state index in [1.54, 1.807) is 11.1 Å². The second kappa shape index (κ2) is 4.36. The molecule has 98 valence electrons. The van der Waals surface area contributed by atoms with Crippen molar-refractivity contribution >= 4 is 22.9 Å². The summed E-state index contributed by atoms with van der Waals surface area (Å²) in [7, 11) is 0. The smallest absolute Gasteiger partial charge is 0.0715 e. The molecule has 1 heterocycles. The minimum absolute atomic E-state index is 0.208. The number of aryl methyl sites for hydroxylation is 2. The number of halogens is 1. The van der Waals surface area contributed by atoms with Crippen LogP contribution in [0, 0.1) is 18.8 Å². The first-order chi connectivity index (χ1) is 9.25. The molecule has 4 atom stereocenters. The second-order valence-corrected chi connectivity index (χ2v) is 7.64. The number of fused-ring (bicyclic) bond motifs is 3. The number of benzene rings is 1. The van der Waals surface area contributed by atoms with Gasteiger partial charge in [-0.15, -0.1) is 22.9 Å². The topological polar surface area (TPSA) is 0 Å². The summed E-state index contributed by atoms with van der Waals surface area (Å²) in [6, 6.07) is 13.4. The third kappa shape index (κ3) is 1.86. The Morgan fingerprint density at radius 2 is 2.05 bits per heavy atom. The summed E-state index contributed by atoms with van der Waals surface area (Å²) in [6.07, 6.45) is 2.56. The Morgan fingerprint density at radius 3 is 2.84 bits per heavy atom. The second-order valence-electron chi connectivity index (χ2n) is 5.85. The van der Waals surface area contributed by atoms with Crippen molar-refractivity contribution in [2.75, 3.05) is 0 Å². The lowest BCUT2D eigenvalue weighted by molar-refractivity contribution is 0.624. The van der Waals surface area contributed by atoms with Crippen LogP contribution in [0.4, 0.5) is 0 Å². The van der Waals surface area contributed by atoms with Crippen LogP contribution in [0.5, 0.6) is 0 Å². The molecule has 0 N–H and O–H groups in total. The van der Waals surface area contributed by atoms with Crippen molar-refractivity contribution in [2.24, 2.45) is 11.8 Å². The highest BCUT2D eigenvalue weighted by atomic mass is 35.5. The van der Waals surface area contributed by atoms with Gasteiger partial charge in [-0.3, -0.25) is 0 Å². The lowest BCUT2D eigenvalue weighted by atomic mass is 9.92. The zero-order valence-electron chi connectivity index (χ0n) is 11.0. The highest BCUT2D eigenvalue weighted by Gasteiger charge is 2.56. The molecule has 0 radical (unpaired) electrons. The molecule has 4 unspecified atom stereocenters.